The third-order valence-electron chi connectivity index (χ3n) is 7.69. The summed E-state index contributed by atoms with van der Waals surface area (Å²) in [6.07, 6.45) is 0.100. The van der Waals surface area contributed by atoms with Crippen LogP contribution in [-0.2, 0) is 22.5 Å². The molecule has 45 heavy (non-hydrogen) atoms. The minimum atomic E-state index is -1.35. The van der Waals surface area contributed by atoms with Gasteiger partial charge in [0.25, 0.3) is 5.91 Å². The molecule has 9 nitrogen and oxygen atoms in total. The van der Waals surface area contributed by atoms with Crippen LogP contribution in [0.1, 0.15) is 34.8 Å². The number of aliphatic hydroxyl groups excluding tert-OH is 1. The van der Waals surface area contributed by atoms with Crippen LogP contribution < -0.4 is 25.2 Å². The average Bonchev–Trinajstić information content (AvgIpc) is 3.46. The molecule has 1 aliphatic heterocycles. The summed E-state index contributed by atoms with van der Waals surface area (Å²) < 4.78 is 17.8. The maximum Gasteiger partial charge on any atom is 0.266 e. The highest BCUT2D eigenvalue weighted by Crippen LogP contribution is 2.43. The van der Waals surface area contributed by atoms with E-state index in [2.05, 4.69) is 10.9 Å². The Kier molecular flexibility index (Phi) is 10.3. The fraction of sp³-hybridized carbons (Fsp3) is 0.278. The van der Waals surface area contributed by atoms with Gasteiger partial charge in [0.05, 0.1) is 13.7 Å². The molecule has 0 spiro atoms. The van der Waals surface area contributed by atoms with Crippen LogP contribution in [0.25, 0.3) is 0 Å². The second kappa shape index (κ2) is 14.7. The monoisotopic (exact) mass is 608 g/mol. The van der Waals surface area contributed by atoms with Crippen LogP contribution in [0.3, 0.4) is 0 Å². The van der Waals surface area contributed by atoms with Crippen LogP contribution in [0.2, 0.25) is 0 Å². The maximum atomic E-state index is 14.4. The van der Waals surface area contributed by atoms with E-state index in [-0.39, 0.29) is 12.5 Å². The molecule has 0 saturated heterocycles. The SMILES string of the molecule is COc1cccc([C@@H]2OC(c3ccc(OCCCO)cc3)=N[C@]2(Cc2ccccc2)C(=O)NNCc2ccc(N(C)C)cc2)c1. The first-order valence-corrected chi connectivity index (χ1v) is 15.0. The Morgan fingerprint density at radius 3 is 2.38 bits per heavy atom. The number of ether oxygens (including phenoxy) is 3. The van der Waals surface area contributed by atoms with Gasteiger partial charge in [-0.1, -0.05) is 54.6 Å². The zero-order chi connectivity index (χ0) is 31.6. The number of amides is 1. The molecule has 234 valence electrons. The molecule has 1 aliphatic rings. The van der Waals surface area contributed by atoms with Crippen LogP contribution in [0.5, 0.6) is 11.5 Å². The first-order valence-electron chi connectivity index (χ1n) is 15.0. The predicted octanol–water partition coefficient (Wildman–Crippen LogP) is 4.84. The second-order valence-electron chi connectivity index (χ2n) is 11.1. The van der Waals surface area contributed by atoms with Crippen LogP contribution in [0.15, 0.2) is 108 Å². The van der Waals surface area contributed by atoms with E-state index in [1.54, 1.807) is 7.11 Å². The topological polar surface area (TPSA) is 105 Å². The van der Waals surface area contributed by atoms with Crippen molar-refractivity contribution in [3.8, 4) is 11.5 Å². The highest BCUT2D eigenvalue weighted by molar-refractivity contribution is 6.01. The fourth-order valence-corrected chi connectivity index (χ4v) is 5.24. The number of hydrazine groups is 1. The Hall–Kier alpha value is -4.86. The molecule has 3 N–H and O–H groups in total. The Balaban J connectivity index is 1.48. The van der Waals surface area contributed by atoms with Crippen molar-refractivity contribution in [1.82, 2.24) is 10.9 Å². The quantitative estimate of drug-likeness (QED) is 0.139. The Labute approximate surface area is 264 Å². The number of nitrogens with zero attached hydrogens (tertiary/aromatic N) is 2. The van der Waals surface area contributed by atoms with Gasteiger partial charge in [-0.05, 0) is 65.2 Å². The first-order chi connectivity index (χ1) is 21.9. The fourth-order valence-electron chi connectivity index (χ4n) is 5.24. The number of nitrogens with one attached hydrogen (secondary N) is 2. The van der Waals surface area contributed by atoms with Crippen molar-refractivity contribution in [3.05, 3.63) is 125 Å². The number of aliphatic hydroxyl groups is 1. The minimum Gasteiger partial charge on any atom is -0.497 e. The number of hydrogen-bond acceptors (Lipinski definition) is 8. The van der Waals surface area contributed by atoms with Gasteiger partial charge in [-0.25, -0.2) is 10.4 Å². The molecule has 1 heterocycles. The Morgan fingerprint density at radius 2 is 1.69 bits per heavy atom. The number of rotatable bonds is 14. The largest absolute Gasteiger partial charge is 0.497 e. The van der Waals surface area contributed by atoms with E-state index >= 15 is 0 Å². The van der Waals surface area contributed by atoms with Gasteiger partial charge in [-0.2, -0.15) is 0 Å². The van der Waals surface area contributed by atoms with Gasteiger partial charge in [0.1, 0.15) is 11.5 Å². The van der Waals surface area contributed by atoms with Crippen molar-refractivity contribution in [2.24, 2.45) is 4.99 Å². The lowest BCUT2D eigenvalue weighted by Crippen LogP contribution is -2.53. The molecule has 4 aromatic rings. The van der Waals surface area contributed by atoms with Crippen molar-refractivity contribution in [1.29, 1.82) is 0 Å². The predicted molar refractivity (Wildman–Crippen MR) is 176 cm³/mol. The Bertz CT molecular complexity index is 1580. The van der Waals surface area contributed by atoms with E-state index in [9.17, 15) is 4.79 Å². The van der Waals surface area contributed by atoms with Gasteiger partial charge in [0.15, 0.2) is 11.6 Å². The molecule has 0 aromatic heterocycles. The standard InChI is InChI=1S/C36H40N4O5/c1-40(2)30-17-13-27(14-18-30)25-37-39-35(42)36(24-26-9-5-4-6-10-26)33(29-11-7-12-32(23-29)43-3)45-34(38-36)28-15-19-31(20-16-28)44-22-8-21-41/h4-7,9-20,23,33,37,41H,8,21-22,24-25H2,1-3H3,(H,39,42)/t33-,36-/m0/s1. The molecule has 4 aromatic carbocycles. The van der Waals surface area contributed by atoms with Crippen LogP contribution in [0.4, 0.5) is 5.69 Å². The Morgan fingerprint density at radius 1 is 0.933 bits per heavy atom. The van der Waals surface area contributed by atoms with Crippen LogP contribution in [0, 0.1) is 0 Å². The summed E-state index contributed by atoms with van der Waals surface area (Å²) in [5.41, 5.74) is 9.28. The average molecular weight is 609 g/mol. The summed E-state index contributed by atoms with van der Waals surface area (Å²) in [6.45, 7) is 0.912. The number of carbonyl (C=O) groups is 1. The van der Waals surface area contributed by atoms with Crippen molar-refractivity contribution in [3.63, 3.8) is 0 Å². The number of carbonyl (C=O) groups excluding carboxylic acids is 1. The third kappa shape index (κ3) is 7.63. The molecule has 0 radical (unpaired) electrons. The van der Waals surface area contributed by atoms with Crippen molar-refractivity contribution >= 4 is 17.5 Å². The smallest absolute Gasteiger partial charge is 0.266 e. The van der Waals surface area contributed by atoms with Gasteiger partial charge in [0, 0.05) is 51.3 Å². The first kappa shape index (κ1) is 31.6. The maximum absolute atomic E-state index is 14.4. The molecule has 0 unspecified atom stereocenters. The lowest BCUT2D eigenvalue weighted by molar-refractivity contribution is -0.130. The summed E-state index contributed by atoms with van der Waals surface area (Å²) in [5.74, 6) is 1.37. The molecule has 0 saturated carbocycles. The van der Waals surface area contributed by atoms with Crippen LogP contribution >= 0.6 is 0 Å². The van der Waals surface area contributed by atoms with Crippen molar-refractivity contribution in [2.45, 2.75) is 31.0 Å². The summed E-state index contributed by atoms with van der Waals surface area (Å²) in [5, 5.41) is 9.06. The van der Waals surface area contributed by atoms with E-state index in [1.807, 2.05) is 122 Å². The highest BCUT2D eigenvalue weighted by Gasteiger charge is 2.53. The van der Waals surface area contributed by atoms with E-state index in [1.165, 1.54) is 0 Å². The molecular formula is C36H40N4O5. The molecule has 0 fully saturated rings. The molecular weight excluding hydrogens is 568 g/mol. The number of benzene rings is 4. The van der Waals surface area contributed by atoms with Gasteiger partial charge in [-0.3, -0.25) is 10.2 Å². The second-order valence-corrected chi connectivity index (χ2v) is 11.1. The number of aliphatic imine (C=N–C) groups is 1. The summed E-state index contributed by atoms with van der Waals surface area (Å²) in [7, 11) is 5.61. The zero-order valence-corrected chi connectivity index (χ0v) is 25.9. The number of methoxy groups -OCH3 is 1. The van der Waals surface area contributed by atoms with Crippen LogP contribution in [-0.4, -0.2) is 56.9 Å². The molecule has 1 amide bonds. The lowest BCUT2D eigenvalue weighted by Gasteiger charge is -2.31. The zero-order valence-electron chi connectivity index (χ0n) is 25.9. The van der Waals surface area contributed by atoms with E-state index in [0.29, 0.717) is 49.0 Å². The molecule has 9 heteroatoms. The van der Waals surface area contributed by atoms with Gasteiger partial charge in [0.2, 0.25) is 5.90 Å². The molecule has 0 aliphatic carbocycles. The normalized spacial score (nSPS) is 17.2. The van der Waals surface area contributed by atoms with E-state index in [0.717, 1.165) is 22.4 Å². The summed E-state index contributed by atoms with van der Waals surface area (Å²) in [4.78, 5) is 21.5. The van der Waals surface area contributed by atoms with Gasteiger partial charge >= 0.3 is 0 Å². The highest BCUT2D eigenvalue weighted by atomic mass is 16.5. The van der Waals surface area contributed by atoms with Gasteiger partial charge in [-0.15, -0.1) is 0 Å². The van der Waals surface area contributed by atoms with Gasteiger partial charge < -0.3 is 24.2 Å². The molecule has 5 rings (SSSR count). The summed E-state index contributed by atoms with van der Waals surface area (Å²) >= 11 is 0. The molecule has 0 bridgehead atoms. The third-order valence-corrected chi connectivity index (χ3v) is 7.69. The number of anilines is 1. The lowest BCUT2D eigenvalue weighted by atomic mass is 9.82. The van der Waals surface area contributed by atoms with E-state index in [4.69, 9.17) is 24.3 Å². The van der Waals surface area contributed by atoms with Crippen molar-refractivity contribution < 1.29 is 24.1 Å². The minimum absolute atomic E-state index is 0.0670. The molecule has 2 atom stereocenters. The van der Waals surface area contributed by atoms with Crippen molar-refractivity contribution in [2.75, 3.05) is 39.3 Å². The number of hydrogen-bond donors (Lipinski definition) is 3. The van der Waals surface area contributed by atoms with E-state index < -0.39 is 11.6 Å². The summed E-state index contributed by atoms with van der Waals surface area (Å²) in [6, 6.07) is 32.9.